The number of aliphatic hydroxyl groups excluding tert-OH is 1. The van der Waals surface area contributed by atoms with Gasteiger partial charge in [0.05, 0.1) is 34.7 Å². The van der Waals surface area contributed by atoms with Crippen LogP contribution in [-0.2, 0) is 9.53 Å². The van der Waals surface area contributed by atoms with Crippen molar-refractivity contribution in [1.29, 1.82) is 0 Å². The van der Waals surface area contributed by atoms with Gasteiger partial charge in [-0.25, -0.2) is 36.3 Å². The second-order valence-electron chi connectivity index (χ2n) is 17.4. The van der Waals surface area contributed by atoms with Crippen molar-refractivity contribution in [3.63, 3.8) is 0 Å². The summed E-state index contributed by atoms with van der Waals surface area (Å²) in [5, 5.41) is 38.3. The van der Waals surface area contributed by atoms with Gasteiger partial charge in [0.1, 0.15) is 52.4 Å². The van der Waals surface area contributed by atoms with Gasteiger partial charge in [0.2, 0.25) is 11.9 Å². The van der Waals surface area contributed by atoms with Gasteiger partial charge in [0.25, 0.3) is 0 Å². The van der Waals surface area contributed by atoms with Crippen LogP contribution in [0.2, 0.25) is 0 Å². The van der Waals surface area contributed by atoms with E-state index in [9.17, 15) is 37.7 Å². The van der Waals surface area contributed by atoms with Crippen LogP contribution in [-0.4, -0.2) is 73.6 Å². The molecule has 4 aromatic heterocycles. The van der Waals surface area contributed by atoms with Gasteiger partial charge in [-0.05, 0) is 113 Å². The topological polar surface area (TPSA) is 172 Å². The number of nitrogens with zero attached hydrogens (tertiary/aromatic N) is 6. The predicted molar refractivity (Wildman–Crippen MR) is 247 cm³/mol. The highest BCUT2D eigenvalue weighted by Gasteiger charge is 2.30. The van der Waals surface area contributed by atoms with Crippen LogP contribution in [0.4, 0.5) is 38.2 Å². The molecule has 0 spiro atoms. The minimum absolute atomic E-state index is 0.116. The Morgan fingerprint density at radius 1 is 0.609 bits per heavy atom. The summed E-state index contributed by atoms with van der Waals surface area (Å²) in [6.45, 7) is 11.2. The van der Waals surface area contributed by atoms with Crippen LogP contribution < -0.4 is 10.6 Å². The van der Waals surface area contributed by atoms with Crippen LogP contribution in [0, 0.1) is 34.9 Å². The molecule has 2 unspecified atom stereocenters. The third-order valence-corrected chi connectivity index (χ3v) is 11.5. The smallest absolute Gasteiger partial charge is 0.303 e. The van der Waals surface area contributed by atoms with Crippen LogP contribution in [0.25, 0.3) is 33.4 Å². The molecule has 0 aliphatic heterocycles. The first kappa shape index (κ1) is 49.6. The Kier molecular flexibility index (Phi) is 14.2. The monoisotopic (exact) mass is 954 g/mol. The van der Waals surface area contributed by atoms with Crippen LogP contribution in [0.3, 0.4) is 0 Å². The second kappa shape index (κ2) is 19.7. The van der Waals surface area contributed by atoms with E-state index in [1.807, 2.05) is 0 Å². The fourth-order valence-electron chi connectivity index (χ4n) is 7.09. The van der Waals surface area contributed by atoms with Crippen LogP contribution in [0.15, 0.2) is 109 Å². The van der Waals surface area contributed by atoms with E-state index >= 15 is 8.78 Å². The molecule has 0 fully saturated rings. The maximum Gasteiger partial charge on any atom is 0.303 e. The van der Waals surface area contributed by atoms with E-state index in [0.717, 1.165) is 24.3 Å². The fraction of sp³-hybridized carbons (Fsp3) is 0.260. The van der Waals surface area contributed by atoms with Crippen molar-refractivity contribution in [3.8, 4) is 11.4 Å². The van der Waals surface area contributed by atoms with Gasteiger partial charge in [-0.15, -0.1) is 0 Å². The molecule has 0 aliphatic carbocycles. The lowest BCUT2D eigenvalue weighted by molar-refractivity contribution is -0.145. The third-order valence-electron chi connectivity index (χ3n) is 11.5. The third kappa shape index (κ3) is 10.9. The first-order valence-corrected chi connectivity index (χ1v) is 21.5. The maximum absolute atomic E-state index is 15.1. The van der Waals surface area contributed by atoms with Gasteiger partial charge in [0, 0.05) is 30.1 Å². The molecule has 0 aliphatic rings. The Bertz CT molecular complexity index is 3090. The van der Waals surface area contributed by atoms with Crippen molar-refractivity contribution in [3.05, 3.63) is 167 Å². The molecule has 8 aromatic rings. The zero-order chi connectivity index (χ0) is 50.1. The number of hydrogen-bond acceptors (Lipinski definition) is 11. The molecule has 4 atom stereocenters. The average molecular weight is 955 g/mol. The summed E-state index contributed by atoms with van der Waals surface area (Å²) in [5.74, 6) is -4.81. The molecule has 8 rings (SSSR count). The predicted octanol–water partition coefficient (Wildman–Crippen LogP) is 9.55. The molecule has 13 nitrogen and oxygen atoms in total. The number of aromatic nitrogens is 6. The van der Waals surface area contributed by atoms with Gasteiger partial charge in [-0.3, -0.25) is 13.9 Å². The number of carbonyl (C=O) groups is 1. The molecule has 0 bridgehead atoms. The zero-order valence-corrected chi connectivity index (χ0v) is 38.3. The van der Waals surface area contributed by atoms with Crippen molar-refractivity contribution < 1.29 is 51.2 Å². The molecule has 69 heavy (non-hydrogen) atoms. The Balaban J connectivity index is 0.000000205. The molecule has 0 amide bonds. The van der Waals surface area contributed by atoms with Gasteiger partial charge in [-0.1, -0.05) is 36.4 Å². The highest BCUT2D eigenvalue weighted by molar-refractivity contribution is 5.82. The summed E-state index contributed by atoms with van der Waals surface area (Å²) in [6, 6.07) is 19.5. The van der Waals surface area contributed by atoms with Gasteiger partial charge < -0.3 is 30.7 Å². The molecule has 4 heterocycles. The Morgan fingerprint density at radius 2 is 0.986 bits per heavy atom. The normalized spacial score (nSPS) is 13.6. The average Bonchev–Trinajstić information content (AvgIpc) is 3.83. The number of aliphatic hydroxyl groups is 3. The molecule has 0 radical (unpaired) electrons. The SMILES string of the molecule is CC(=O)OC(c1ccc(F)cc1)c1cc2cnc(N[C@@H](C)C(C)(C)O)nc2n1-c1c(F)cccc1F.C[C@H](Nc1ncc2cc(C(O)c3ccc(F)cc3)n(-c3c(F)cccc3F)c2n1)C(C)(C)O. The zero-order valence-electron chi connectivity index (χ0n) is 38.3. The Morgan fingerprint density at radius 3 is 1.38 bits per heavy atom. The summed E-state index contributed by atoms with van der Waals surface area (Å²) in [7, 11) is 0. The number of fused-ring (bicyclic) bond motifs is 2. The van der Waals surface area contributed by atoms with Gasteiger partial charge in [-0.2, -0.15) is 9.97 Å². The number of esters is 1. The first-order chi connectivity index (χ1) is 32.5. The van der Waals surface area contributed by atoms with Crippen LogP contribution in [0.5, 0.6) is 0 Å². The van der Waals surface area contributed by atoms with Crippen molar-refractivity contribution in [2.45, 2.75) is 84.0 Å². The van der Waals surface area contributed by atoms with Crippen molar-refractivity contribution >= 4 is 39.9 Å². The highest BCUT2D eigenvalue weighted by Crippen LogP contribution is 2.37. The van der Waals surface area contributed by atoms with E-state index in [2.05, 4.69) is 30.6 Å². The molecule has 360 valence electrons. The summed E-state index contributed by atoms with van der Waals surface area (Å²) >= 11 is 0. The van der Waals surface area contributed by atoms with E-state index in [1.165, 1.54) is 95.2 Å². The summed E-state index contributed by atoms with van der Waals surface area (Å²) in [4.78, 5) is 29.4. The lowest BCUT2D eigenvalue weighted by Gasteiger charge is -2.26. The van der Waals surface area contributed by atoms with E-state index < -0.39 is 87.7 Å². The molecule has 5 N–H and O–H groups in total. The fourth-order valence-corrected chi connectivity index (χ4v) is 7.09. The number of halogens is 6. The summed E-state index contributed by atoms with van der Waals surface area (Å²) in [6.07, 6.45) is 0.446. The summed E-state index contributed by atoms with van der Waals surface area (Å²) < 4.78 is 94.7. The van der Waals surface area contributed by atoms with Crippen LogP contribution in [0.1, 0.15) is 83.2 Å². The van der Waals surface area contributed by atoms with Crippen LogP contribution >= 0.6 is 0 Å². The number of ether oxygens (including phenoxy) is 1. The maximum atomic E-state index is 15.1. The molecular formula is C50H48F6N8O5. The number of rotatable bonds is 13. The lowest BCUT2D eigenvalue weighted by Crippen LogP contribution is -2.39. The number of nitrogens with one attached hydrogen (secondary N) is 2. The van der Waals surface area contributed by atoms with E-state index in [-0.39, 0.29) is 34.6 Å². The second-order valence-corrected chi connectivity index (χ2v) is 17.4. The van der Waals surface area contributed by atoms with Gasteiger partial charge in [0.15, 0.2) is 17.4 Å². The summed E-state index contributed by atoms with van der Waals surface area (Å²) in [5.41, 5.74) is -1.72. The molecule has 4 aromatic carbocycles. The van der Waals surface area contributed by atoms with E-state index in [1.54, 1.807) is 47.6 Å². The molecule has 0 saturated carbocycles. The molecule has 0 saturated heterocycles. The first-order valence-electron chi connectivity index (χ1n) is 21.5. The minimum Gasteiger partial charge on any atom is -0.451 e. The standard InChI is InChI=1S/C26H25F3N4O3.C24H23F3N4O2/c1-14(26(3,4)35)31-25-30-13-17-12-21(23(36-15(2)34)16-8-10-18(27)11-9-16)33(24(17)32-25)22-19(28)6-5-7-20(22)29;1-13(24(2,3)33)29-23-28-12-15-11-19(21(32)14-7-9-16(25)10-8-14)31(22(15)30-23)20-17(26)5-4-6-18(20)27/h5-14,23,35H,1-4H3,(H,30,31,32);4-13,21,32-33H,1-3H3,(H,28,29,30)/t14-,23?;13-,21?/m00/s1. The Hall–Kier alpha value is -7.35. The number of anilines is 2. The van der Waals surface area contributed by atoms with Gasteiger partial charge >= 0.3 is 5.97 Å². The number of para-hydroxylation sites is 2. The van der Waals surface area contributed by atoms with E-state index in [0.29, 0.717) is 21.9 Å². The Labute approximate surface area is 392 Å². The lowest BCUT2D eigenvalue weighted by atomic mass is 10.0. The largest absolute Gasteiger partial charge is 0.451 e. The van der Waals surface area contributed by atoms with Crippen molar-refractivity contribution in [2.75, 3.05) is 10.6 Å². The number of carbonyl (C=O) groups excluding carboxylic acids is 1. The highest BCUT2D eigenvalue weighted by atomic mass is 19.2. The molecular weight excluding hydrogens is 907 g/mol. The van der Waals surface area contributed by atoms with E-state index in [4.69, 9.17) is 4.74 Å². The number of hydrogen-bond donors (Lipinski definition) is 5. The minimum atomic E-state index is -1.33. The van der Waals surface area contributed by atoms with Crippen molar-refractivity contribution in [1.82, 2.24) is 29.1 Å². The molecule has 19 heteroatoms. The quantitative estimate of drug-likeness (QED) is 0.0551. The number of benzene rings is 4. The van der Waals surface area contributed by atoms with Crippen molar-refractivity contribution in [2.24, 2.45) is 0 Å².